The molecule has 0 unspecified atom stereocenters. The lowest BCUT2D eigenvalue weighted by atomic mass is 10.1. The highest BCUT2D eigenvalue weighted by Crippen LogP contribution is 2.35. The van der Waals surface area contributed by atoms with Gasteiger partial charge in [0.1, 0.15) is 18.1 Å². The number of nitrogens with zero attached hydrogens (tertiary/aromatic N) is 1. The highest BCUT2D eigenvalue weighted by molar-refractivity contribution is 6.31. The predicted molar refractivity (Wildman–Crippen MR) is 99.4 cm³/mol. The van der Waals surface area contributed by atoms with E-state index in [2.05, 4.69) is 4.98 Å². The van der Waals surface area contributed by atoms with Crippen molar-refractivity contribution >= 4 is 23.5 Å². The zero-order valence-electron chi connectivity index (χ0n) is 13.7. The van der Waals surface area contributed by atoms with Gasteiger partial charge in [-0.25, -0.2) is 0 Å². The quantitative estimate of drug-likeness (QED) is 0.617. The fourth-order valence-electron chi connectivity index (χ4n) is 2.65. The summed E-state index contributed by atoms with van der Waals surface area (Å²) < 4.78 is 11.5. The first-order valence-corrected chi connectivity index (χ1v) is 8.43. The second kappa shape index (κ2) is 7.02. The summed E-state index contributed by atoms with van der Waals surface area (Å²) in [5, 5.41) is 0.654. The molecule has 1 aliphatic rings. The van der Waals surface area contributed by atoms with Crippen molar-refractivity contribution in [3.63, 3.8) is 0 Å². The Balaban J connectivity index is 1.53. The molecule has 0 amide bonds. The molecule has 0 fully saturated rings. The number of benzene rings is 2. The summed E-state index contributed by atoms with van der Waals surface area (Å²) in [4.78, 5) is 16.5. The van der Waals surface area contributed by atoms with Crippen LogP contribution < -0.4 is 9.47 Å². The summed E-state index contributed by atoms with van der Waals surface area (Å²) in [5.41, 5.74) is 2.22. The molecule has 1 aliphatic heterocycles. The van der Waals surface area contributed by atoms with Crippen molar-refractivity contribution < 1.29 is 14.3 Å². The average Bonchev–Trinajstić information content (AvgIpc) is 2.97. The number of Topliss-reactive ketones (excluding diaryl/α,β-unsaturated/α-hetero) is 1. The molecule has 0 radical (unpaired) electrons. The molecule has 5 heteroatoms. The number of carbonyl (C=O) groups is 1. The second-order valence-corrected chi connectivity index (χ2v) is 6.17. The number of hydrogen-bond acceptors (Lipinski definition) is 4. The average molecular weight is 364 g/mol. The van der Waals surface area contributed by atoms with Gasteiger partial charge in [-0.1, -0.05) is 35.9 Å². The fraction of sp³-hybridized carbons (Fsp3) is 0.0476. The summed E-state index contributed by atoms with van der Waals surface area (Å²) in [7, 11) is 0. The van der Waals surface area contributed by atoms with Crippen molar-refractivity contribution in [2.24, 2.45) is 0 Å². The van der Waals surface area contributed by atoms with E-state index in [0.717, 1.165) is 11.1 Å². The molecule has 0 aliphatic carbocycles. The fourth-order valence-corrected chi connectivity index (χ4v) is 2.84. The first-order valence-electron chi connectivity index (χ1n) is 8.05. The Morgan fingerprint density at radius 1 is 1.12 bits per heavy atom. The molecule has 2 heterocycles. The highest BCUT2D eigenvalue weighted by atomic mass is 35.5. The van der Waals surface area contributed by atoms with Crippen LogP contribution in [0.15, 0.2) is 72.8 Å². The van der Waals surface area contributed by atoms with Gasteiger partial charge in [0.25, 0.3) is 0 Å². The van der Waals surface area contributed by atoms with Crippen LogP contribution in [0.1, 0.15) is 21.5 Å². The van der Waals surface area contributed by atoms with Gasteiger partial charge in [0.2, 0.25) is 5.78 Å². The Labute approximate surface area is 155 Å². The molecule has 3 aromatic rings. The number of ketones is 1. The van der Waals surface area contributed by atoms with E-state index >= 15 is 0 Å². The van der Waals surface area contributed by atoms with Gasteiger partial charge < -0.3 is 9.47 Å². The molecule has 0 saturated heterocycles. The Kier molecular flexibility index (Phi) is 4.42. The second-order valence-electron chi connectivity index (χ2n) is 5.76. The van der Waals surface area contributed by atoms with Gasteiger partial charge in [0.15, 0.2) is 5.76 Å². The molecular formula is C21H14ClNO3. The smallest absolute Gasteiger partial charge is 0.231 e. The number of pyridine rings is 1. The van der Waals surface area contributed by atoms with Crippen LogP contribution in [0.5, 0.6) is 11.5 Å². The lowest BCUT2D eigenvalue weighted by molar-refractivity contribution is 0.101. The van der Waals surface area contributed by atoms with Crippen LogP contribution in [0, 0.1) is 0 Å². The minimum atomic E-state index is -0.151. The van der Waals surface area contributed by atoms with Gasteiger partial charge in [-0.2, -0.15) is 0 Å². The number of halogens is 1. The number of ether oxygens (including phenoxy) is 2. The number of carbonyl (C=O) groups excluding carboxylic acids is 1. The maximum absolute atomic E-state index is 12.5. The van der Waals surface area contributed by atoms with E-state index in [9.17, 15) is 4.79 Å². The van der Waals surface area contributed by atoms with Crippen molar-refractivity contribution in [3.05, 3.63) is 94.5 Å². The number of fused-ring (bicyclic) bond motifs is 1. The van der Waals surface area contributed by atoms with E-state index < -0.39 is 0 Å². The van der Waals surface area contributed by atoms with Gasteiger partial charge in [0, 0.05) is 29.0 Å². The van der Waals surface area contributed by atoms with Gasteiger partial charge in [0.05, 0.1) is 5.56 Å². The highest BCUT2D eigenvalue weighted by Gasteiger charge is 2.27. The Bertz CT molecular complexity index is 999. The SMILES string of the molecule is O=C1/C(=C/c2cccnc2)Oc2cc(OCc3ccccc3Cl)ccc21. The van der Waals surface area contributed by atoms with Crippen molar-refractivity contribution in [1.82, 2.24) is 4.98 Å². The summed E-state index contributed by atoms with van der Waals surface area (Å²) in [6.45, 7) is 0.338. The third kappa shape index (κ3) is 3.32. The molecule has 0 N–H and O–H groups in total. The number of aromatic nitrogens is 1. The Morgan fingerprint density at radius 3 is 2.81 bits per heavy atom. The van der Waals surface area contributed by atoms with Crippen molar-refractivity contribution in [3.8, 4) is 11.5 Å². The molecule has 4 nitrogen and oxygen atoms in total. The van der Waals surface area contributed by atoms with Gasteiger partial charge in [-0.15, -0.1) is 0 Å². The molecule has 0 bridgehead atoms. The van der Waals surface area contributed by atoms with E-state index in [1.165, 1.54) is 0 Å². The first kappa shape index (κ1) is 16.4. The molecule has 0 spiro atoms. The van der Waals surface area contributed by atoms with Crippen LogP contribution in [-0.2, 0) is 6.61 Å². The van der Waals surface area contributed by atoms with Crippen LogP contribution in [0.25, 0.3) is 6.08 Å². The zero-order chi connectivity index (χ0) is 17.9. The monoisotopic (exact) mass is 363 g/mol. The van der Waals surface area contributed by atoms with E-state index in [-0.39, 0.29) is 11.5 Å². The number of allylic oxidation sites excluding steroid dienone is 1. The van der Waals surface area contributed by atoms with E-state index in [1.54, 1.807) is 42.7 Å². The Morgan fingerprint density at radius 2 is 2.00 bits per heavy atom. The Hall–Kier alpha value is -3.11. The van der Waals surface area contributed by atoms with Crippen LogP contribution in [-0.4, -0.2) is 10.8 Å². The van der Waals surface area contributed by atoms with Gasteiger partial charge in [-0.05, 0) is 35.9 Å². The van der Waals surface area contributed by atoms with Crippen molar-refractivity contribution in [1.29, 1.82) is 0 Å². The van der Waals surface area contributed by atoms with E-state index in [1.807, 2.05) is 30.3 Å². The molecule has 0 atom stereocenters. The van der Waals surface area contributed by atoms with Crippen molar-refractivity contribution in [2.75, 3.05) is 0 Å². The van der Waals surface area contributed by atoms with Crippen LogP contribution in [0.2, 0.25) is 5.02 Å². The summed E-state index contributed by atoms with van der Waals surface area (Å²) >= 11 is 6.14. The normalized spacial score (nSPS) is 14.2. The number of hydrogen-bond donors (Lipinski definition) is 0. The van der Waals surface area contributed by atoms with Crippen LogP contribution in [0.4, 0.5) is 0 Å². The lowest BCUT2D eigenvalue weighted by Gasteiger charge is -2.08. The minimum absolute atomic E-state index is 0.151. The van der Waals surface area contributed by atoms with Crippen molar-refractivity contribution in [2.45, 2.75) is 6.61 Å². The van der Waals surface area contributed by atoms with E-state index in [4.69, 9.17) is 21.1 Å². The van der Waals surface area contributed by atoms with Crippen LogP contribution >= 0.6 is 11.6 Å². The maximum Gasteiger partial charge on any atom is 0.231 e. The topological polar surface area (TPSA) is 48.4 Å². The summed E-state index contributed by atoms with van der Waals surface area (Å²) in [6, 6.07) is 16.4. The largest absolute Gasteiger partial charge is 0.489 e. The maximum atomic E-state index is 12.5. The third-order valence-electron chi connectivity index (χ3n) is 3.98. The molecular weight excluding hydrogens is 350 g/mol. The molecule has 4 rings (SSSR count). The van der Waals surface area contributed by atoms with E-state index in [0.29, 0.717) is 28.7 Å². The summed E-state index contributed by atoms with van der Waals surface area (Å²) in [6.07, 6.45) is 5.03. The van der Waals surface area contributed by atoms with Gasteiger partial charge >= 0.3 is 0 Å². The molecule has 0 saturated carbocycles. The standard InChI is InChI=1S/C21H14ClNO3/c22-18-6-2-1-5-15(18)13-25-16-7-8-17-19(11-16)26-20(21(17)24)10-14-4-3-9-23-12-14/h1-12H,13H2/b20-10-. The number of rotatable bonds is 4. The molecule has 128 valence electrons. The summed E-state index contributed by atoms with van der Waals surface area (Å²) in [5.74, 6) is 1.22. The first-order chi connectivity index (χ1) is 12.7. The third-order valence-corrected chi connectivity index (χ3v) is 4.34. The molecule has 26 heavy (non-hydrogen) atoms. The molecule has 1 aromatic heterocycles. The van der Waals surface area contributed by atoms with Crippen LogP contribution in [0.3, 0.4) is 0 Å². The lowest BCUT2D eigenvalue weighted by Crippen LogP contribution is -1.98. The van der Waals surface area contributed by atoms with Gasteiger partial charge in [-0.3, -0.25) is 9.78 Å². The molecule has 2 aromatic carbocycles. The minimum Gasteiger partial charge on any atom is -0.489 e. The predicted octanol–water partition coefficient (Wildman–Crippen LogP) is 4.93. The zero-order valence-corrected chi connectivity index (χ0v) is 14.4.